The van der Waals surface area contributed by atoms with Gasteiger partial charge in [0.15, 0.2) is 0 Å². The zero-order chi connectivity index (χ0) is 33.0. The lowest BCUT2D eigenvalue weighted by molar-refractivity contribution is -0.120. The van der Waals surface area contributed by atoms with Crippen LogP contribution in [0.5, 0.6) is 5.75 Å². The molecule has 0 saturated carbocycles. The number of hydrogen-bond acceptors (Lipinski definition) is 7. The Bertz CT molecular complexity index is 1890. The Kier molecular flexibility index (Phi) is 9.19. The normalized spacial score (nSPS) is 14.9. The van der Waals surface area contributed by atoms with Crippen molar-refractivity contribution in [2.45, 2.75) is 45.8 Å². The summed E-state index contributed by atoms with van der Waals surface area (Å²) in [6.45, 7) is 10.1. The number of urea groups is 1. The third-order valence-corrected chi connectivity index (χ3v) is 7.84. The van der Waals surface area contributed by atoms with E-state index in [0.29, 0.717) is 42.8 Å². The van der Waals surface area contributed by atoms with E-state index in [1.165, 1.54) is 0 Å². The highest BCUT2D eigenvalue weighted by Crippen LogP contribution is 2.33. The van der Waals surface area contributed by atoms with Crippen LogP contribution in [0.4, 0.5) is 22.1 Å². The Labute approximate surface area is 273 Å². The molecule has 11 nitrogen and oxygen atoms in total. The summed E-state index contributed by atoms with van der Waals surface area (Å²) in [5, 5.41) is 18.5. The maximum Gasteiger partial charge on any atom is 0.324 e. The van der Waals surface area contributed by atoms with Crippen LogP contribution in [0, 0.1) is 6.92 Å². The number of benzene rings is 3. The fourth-order valence-electron chi connectivity index (χ4n) is 5.24. The van der Waals surface area contributed by atoms with E-state index in [2.05, 4.69) is 47.0 Å². The number of pyridine rings is 1. The molecular weight excluding hydrogens is 594 g/mol. The van der Waals surface area contributed by atoms with Gasteiger partial charge in [-0.15, -0.1) is 0 Å². The van der Waals surface area contributed by atoms with E-state index in [-0.39, 0.29) is 24.0 Å². The van der Waals surface area contributed by atoms with Crippen molar-refractivity contribution in [1.82, 2.24) is 20.1 Å². The Balaban J connectivity index is 1.16. The lowest BCUT2D eigenvalue weighted by atomic mass is 9.92. The second kappa shape index (κ2) is 13.6. The third kappa shape index (κ3) is 7.59. The summed E-state index contributed by atoms with van der Waals surface area (Å²) in [7, 11) is 0. The molecule has 0 aliphatic carbocycles. The molecule has 0 radical (unpaired) electrons. The number of fused-ring (bicyclic) bond motifs is 1. The molecule has 1 fully saturated rings. The van der Waals surface area contributed by atoms with Crippen LogP contribution in [0.2, 0.25) is 0 Å². The number of rotatable bonds is 8. The number of aromatic nitrogens is 3. The van der Waals surface area contributed by atoms with E-state index in [4.69, 9.17) is 14.6 Å². The van der Waals surface area contributed by atoms with E-state index in [9.17, 15) is 9.59 Å². The SMILES string of the molecule is Cc1ccc(-n2nc(C(C)(C)C)cc2NC(=O)Nc2ccc(OCc3ccnc(NC(=O)[C@@H]4COCCN4)c3)c3ccccc23)cc1. The van der Waals surface area contributed by atoms with Crippen molar-refractivity contribution in [3.8, 4) is 11.4 Å². The predicted octanol–water partition coefficient (Wildman–Crippen LogP) is 6.18. The predicted molar refractivity (Wildman–Crippen MR) is 183 cm³/mol. The van der Waals surface area contributed by atoms with Gasteiger partial charge in [-0.1, -0.05) is 62.7 Å². The zero-order valence-corrected chi connectivity index (χ0v) is 27.0. The smallest absolute Gasteiger partial charge is 0.324 e. The lowest BCUT2D eigenvalue weighted by Crippen LogP contribution is -2.48. The number of nitrogens with one attached hydrogen (secondary N) is 4. The van der Waals surface area contributed by atoms with Gasteiger partial charge >= 0.3 is 6.03 Å². The molecular formula is C36H39N7O4. The van der Waals surface area contributed by atoms with Crippen molar-refractivity contribution >= 4 is 40.0 Å². The van der Waals surface area contributed by atoms with E-state index in [0.717, 1.165) is 33.3 Å². The minimum Gasteiger partial charge on any atom is -0.488 e. The van der Waals surface area contributed by atoms with Crippen LogP contribution in [0.1, 0.15) is 37.6 Å². The summed E-state index contributed by atoms with van der Waals surface area (Å²) in [5.74, 6) is 1.47. The average Bonchev–Trinajstić information content (AvgIpc) is 3.49. The van der Waals surface area contributed by atoms with Crippen molar-refractivity contribution in [2.75, 3.05) is 35.7 Å². The maximum atomic E-state index is 13.4. The van der Waals surface area contributed by atoms with Gasteiger partial charge in [0.05, 0.1) is 30.3 Å². The molecule has 3 heterocycles. The Morgan fingerprint density at radius 1 is 0.979 bits per heavy atom. The van der Waals surface area contributed by atoms with E-state index in [1.807, 2.05) is 79.7 Å². The minimum absolute atomic E-state index is 0.192. The van der Waals surface area contributed by atoms with Gasteiger partial charge in [0, 0.05) is 35.0 Å². The van der Waals surface area contributed by atoms with Crippen LogP contribution in [0.3, 0.4) is 0 Å². The second-order valence-electron chi connectivity index (χ2n) is 12.6. The van der Waals surface area contributed by atoms with Crippen LogP contribution in [0.15, 0.2) is 85.1 Å². The number of carbonyl (C=O) groups is 2. The van der Waals surface area contributed by atoms with Gasteiger partial charge in [0.1, 0.15) is 30.0 Å². The molecule has 4 N–H and O–H groups in total. The highest BCUT2D eigenvalue weighted by Gasteiger charge is 2.23. The molecule has 2 aromatic heterocycles. The molecule has 1 aliphatic rings. The highest BCUT2D eigenvalue weighted by atomic mass is 16.5. The quantitative estimate of drug-likeness (QED) is 0.161. The van der Waals surface area contributed by atoms with Gasteiger partial charge in [-0.25, -0.2) is 14.5 Å². The molecule has 1 saturated heterocycles. The molecule has 1 aliphatic heterocycles. The number of anilines is 3. The summed E-state index contributed by atoms with van der Waals surface area (Å²) in [5.41, 5.74) is 4.13. The minimum atomic E-state index is -0.415. The molecule has 47 heavy (non-hydrogen) atoms. The monoisotopic (exact) mass is 633 g/mol. The van der Waals surface area contributed by atoms with Gasteiger partial charge in [-0.3, -0.25) is 10.1 Å². The van der Waals surface area contributed by atoms with Crippen LogP contribution in [-0.4, -0.2) is 52.5 Å². The molecule has 3 aromatic carbocycles. The number of aryl methyl sites for hydroxylation is 1. The summed E-state index contributed by atoms with van der Waals surface area (Å²) in [6, 6.07) is 24.1. The molecule has 6 rings (SSSR count). The highest BCUT2D eigenvalue weighted by molar-refractivity contribution is 6.07. The largest absolute Gasteiger partial charge is 0.488 e. The van der Waals surface area contributed by atoms with Crippen LogP contribution in [-0.2, 0) is 21.6 Å². The molecule has 11 heteroatoms. The summed E-state index contributed by atoms with van der Waals surface area (Å²) >= 11 is 0. The van der Waals surface area contributed by atoms with E-state index in [1.54, 1.807) is 16.9 Å². The number of amides is 3. The number of morpholine rings is 1. The van der Waals surface area contributed by atoms with Gasteiger partial charge in [-0.2, -0.15) is 5.10 Å². The first-order chi connectivity index (χ1) is 22.6. The topological polar surface area (TPSA) is 131 Å². The van der Waals surface area contributed by atoms with Crippen molar-refractivity contribution in [1.29, 1.82) is 0 Å². The molecule has 0 spiro atoms. The number of nitrogens with zero attached hydrogens (tertiary/aromatic N) is 3. The number of carbonyl (C=O) groups excluding carboxylic acids is 2. The first-order valence-electron chi connectivity index (χ1n) is 15.6. The van der Waals surface area contributed by atoms with Crippen molar-refractivity contribution in [3.05, 3.63) is 102 Å². The fraction of sp³-hybridized carbons (Fsp3) is 0.278. The second-order valence-corrected chi connectivity index (χ2v) is 12.6. The average molecular weight is 634 g/mol. The first-order valence-corrected chi connectivity index (χ1v) is 15.6. The van der Waals surface area contributed by atoms with Gasteiger partial charge in [0.25, 0.3) is 0 Å². The summed E-state index contributed by atoms with van der Waals surface area (Å²) in [6.07, 6.45) is 1.64. The van der Waals surface area contributed by atoms with Crippen molar-refractivity contribution < 1.29 is 19.1 Å². The summed E-state index contributed by atoms with van der Waals surface area (Å²) < 4.78 is 13.4. The molecule has 5 aromatic rings. The Morgan fingerprint density at radius 3 is 2.51 bits per heavy atom. The molecule has 0 bridgehead atoms. The van der Waals surface area contributed by atoms with Crippen molar-refractivity contribution in [3.63, 3.8) is 0 Å². The molecule has 3 amide bonds. The Hall–Kier alpha value is -5.26. The van der Waals surface area contributed by atoms with Crippen molar-refractivity contribution in [2.24, 2.45) is 0 Å². The van der Waals surface area contributed by atoms with Gasteiger partial charge in [0.2, 0.25) is 5.91 Å². The third-order valence-electron chi connectivity index (χ3n) is 7.84. The Morgan fingerprint density at radius 2 is 1.77 bits per heavy atom. The standard InChI is InChI=1S/C36H39N7O4/c1-23-9-11-25(12-10-23)43-33(20-31(42-43)36(2,3)4)41-35(45)39-28-13-14-30(27-8-6-5-7-26(27)28)47-21-24-15-16-38-32(19-24)40-34(44)29-22-46-18-17-37-29/h5-16,19-20,29,37H,17-18,21-22H2,1-4H3,(H,38,40,44)(H2,39,41,45)/t29-/m0/s1. The van der Waals surface area contributed by atoms with E-state index < -0.39 is 6.04 Å². The lowest BCUT2D eigenvalue weighted by Gasteiger charge is -2.22. The first kappa shape index (κ1) is 31.7. The zero-order valence-electron chi connectivity index (χ0n) is 27.0. The molecule has 1 atom stereocenters. The molecule has 242 valence electrons. The van der Waals surface area contributed by atoms with Crippen LogP contribution in [0.25, 0.3) is 16.5 Å². The van der Waals surface area contributed by atoms with Crippen LogP contribution < -0.4 is 26.0 Å². The van der Waals surface area contributed by atoms with Crippen LogP contribution >= 0.6 is 0 Å². The van der Waals surface area contributed by atoms with E-state index >= 15 is 0 Å². The molecule has 0 unspecified atom stereocenters. The number of hydrogen-bond donors (Lipinski definition) is 4. The van der Waals surface area contributed by atoms with Gasteiger partial charge in [-0.05, 0) is 48.9 Å². The fourth-order valence-corrected chi connectivity index (χ4v) is 5.24. The maximum absolute atomic E-state index is 13.4. The van der Waals surface area contributed by atoms with Gasteiger partial charge < -0.3 is 25.4 Å². The summed E-state index contributed by atoms with van der Waals surface area (Å²) in [4.78, 5) is 30.3. The number of ether oxygens (including phenoxy) is 2.